The molecule has 2 N–H and O–H groups in total. The van der Waals surface area contributed by atoms with Crippen molar-refractivity contribution in [3.05, 3.63) is 22.4 Å². The van der Waals surface area contributed by atoms with Gasteiger partial charge in [-0.3, -0.25) is 0 Å². The zero-order valence-corrected chi connectivity index (χ0v) is 8.25. The second-order valence-corrected chi connectivity index (χ2v) is 3.39. The Morgan fingerprint density at radius 1 is 1.64 bits per heavy atom. The lowest BCUT2D eigenvalue weighted by atomic mass is 10.1. The van der Waals surface area contributed by atoms with E-state index in [1.54, 1.807) is 11.3 Å². The van der Waals surface area contributed by atoms with Crippen molar-refractivity contribution in [2.45, 2.75) is 25.8 Å². The minimum atomic E-state index is 0. The summed E-state index contributed by atoms with van der Waals surface area (Å²) in [5.74, 6) is 0. The molecule has 0 unspecified atom stereocenters. The fourth-order valence-electron chi connectivity index (χ4n) is 0.956. The van der Waals surface area contributed by atoms with Crippen LogP contribution in [0, 0.1) is 0 Å². The molecular weight excluding hydrogens is 178 g/mol. The van der Waals surface area contributed by atoms with Crippen molar-refractivity contribution in [1.29, 1.82) is 0 Å². The zero-order valence-electron chi connectivity index (χ0n) is 6.62. The van der Waals surface area contributed by atoms with Gasteiger partial charge in [0.25, 0.3) is 0 Å². The molecule has 0 saturated heterocycles. The standard InChI is InChI=1S/C8H13NS.ClH/c1-2-4-7(9)8-5-3-6-10-8;/h3,5-7H,2,4,9H2,1H3;1H/t7-;/m0./s1. The van der Waals surface area contributed by atoms with Gasteiger partial charge in [0, 0.05) is 10.9 Å². The number of halogens is 1. The molecule has 0 bridgehead atoms. The monoisotopic (exact) mass is 191 g/mol. The molecule has 1 heterocycles. The summed E-state index contributed by atoms with van der Waals surface area (Å²) in [6.45, 7) is 2.16. The number of thiophene rings is 1. The van der Waals surface area contributed by atoms with E-state index in [0.29, 0.717) is 0 Å². The number of hydrogen-bond donors (Lipinski definition) is 1. The third-order valence-corrected chi connectivity index (χ3v) is 2.51. The Kier molecular flexibility index (Phi) is 5.56. The van der Waals surface area contributed by atoms with Crippen LogP contribution >= 0.6 is 23.7 Å². The van der Waals surface area contributed by atoms with E-state index in [-0.39, 0.29) is 18.4 Å². The highest BCUT2D eigenvalue weighted by atomic mass is 35.5. The molecule has 1 atom stereocenters. The van der Waals surface area contributed by atoms with E-state index in [1.165, 1.54) is 11.3 Å². The van der Waals surface area contributed by atoms with Crippen molar-refractivity contribution < 1.29 is 0 Å². The van der Waals surface area contributed by atoms with Gasteiger partial charge in [-0.15, -0.1) is 23.7 Å². The first-order valence-electron chi connectivity index (χ1n) is 3.63. The van der Waals surface area contributed by atoms with Gasteiger partial charge in [0.1, 0.15) is 0 Å². The minimum Gasteiger partial charge on any atom is -0.323 e. The van der Waals surface area contributed by atoms with Crippen LogP contribution in [0.25, 0.3) is 0 Å². The quantitative estimate of drug-likeness (QED) is 0.781. The maximum atomic E-state index is 5.86. The fraction of sp³-hybridized carbons (Fsp3) is 0.500. The highest BCUT2D eigenvalue weighted by molar-refractivity contribution is 7.10. The van der Waals surface area contributed by atoms with Crippen LogP contribution < -0.4 is 5.73 Å². The molecule has 0 aliphatic carbocycles. The fourth-order valence-corrected chi connectivity index (χ4v) is 1.72. The van der Waals surface area contributed by atoms with Gasteiger partial charge >= 0.3 is 0 Å². The van der Waals surface area contributed by atoms with Crippen LogP contribution in [0.3, 0.4) is 0 Å². The number of hydrogen-bond acceptors (Lipinski definition) is 2. The Hall–Kier alpha value is -0.0500. The van der Waals surface area contributed by atoms with E-state index in [0.717, 1.165) is 6.42 Å². The number of rotatable bonds is 3. The largest absolute Gasteiger partial charge is 0.323 e. The molecule has 1 nitrogen and oxygen atoms in total. The maximum absolute atomic E-state index is 5.86. The first-order valence-corrected chi connectivity index (χ1v) is 4.51. The molecule has 0 radical (unpaired) electrons. The second-order valence-electron chi connectivity index (χ2n) is 2.41. The normalized spacial score (nSPS) is 12.2. The maximum Gasteiger partial charge on any atom is 0.0389 e. The Labute approximate surface area is 78.0 Å². The van der Waals surface area contributed by atoms with Gasteiger partial charge in [-0.1, -0.05) is 19.4 Å². The molecule has 0 aliphatic rings. The van der Waals surface area contributed by atoms with Gasteiger partial charge in [0.2, 0.25) is 0 Å². The predicted molar refractivity (Wildman–Crippen MR) is 53.4 cm³/mol. The van der Waals surface area contributed by atoms with Crippen LogP contribution in [0.2, 0.25) is 0 Å². The smallest absolute Gasteiger partial charge is 0.0389 e. The number of nitrogens with two attached hydrogens (primary N) is 1. The third-order valence-electron chi connectivity index (χ3n) is 1.51. The summed E-state index contributed by atoms with van der Waals surface area (Å²) >= 11 is 1.75. The van der Waals surface area contributed by atoms with E-state index in [1.807, 2.05) is 0 Å². The van der Waals surface area contributed by atoms with Crippen LogP contribution in [0.15, 0.2) is 17.5 Å². The van der Waals surface area contributed by atoms with Crippen molar-refractivity contribution in [1.82, 2.24) is 0 Å². The Balaban J connectivity index is 0.000001000. The summed E-state index contributed by atoms with van der Waals surface area (Å²) in [7, 11) is 0. The topological polar surface area (TPSA) is 26.0 Å². The molecule has 0 aromatic carbocycles. The molecule has 0 saturated carbocycles. The van der Waals surface area contributed by atoms with Gasteiger partial charge in [-0.05, 0) is 17.9 Å². The summed E-state index contributed by atoms with van der Waals surface area (Å²) in [5.41, 5.74) is 5.86. The van der Waals surface area contributed by atoms with Gasteiger partial charge in [-0.25, -0.2) is 0 Å². The minimum absolute atomic E-state index is 0. The van der Waals surface area contributed by atoms with Crippen LogP contribution in [0.5, 0.6) is 0 Å². The van der Waals surface area contributed by atoms with Gasteiger partial charge < -0.3 is 5.73 Å². The van der Waals surface area contributed by atoms with Gasteiger partial charge in [0.15, 0.2) is 0 Å². The van der Waals surface area contributed by atoms with E-state index in [2.05, 4.69) is 24.4 Å². The predicted octanol–water partition coefficient (Wildman–Crippen LogP) is 2.97. The summed E-state index contributed by atoms with van der Waals surface area (Å²) in [4.78, 5) is 1.31. The second kappa shape index (κ2) is 5.58. The molecule has 0 amide bonds. The molecule has 0 aliphatic heterocycles. The first kappa shape index (κ1) is 11.0. The van der Waals surface area contributed by atoms with E-state index < -0.39 is 0 Å². The lowest BCUT2D eigenvalue weighted by Gasteiger charge is -2.05. The molecular formula is C8H14ClNS. The van der Waals surface area contributed by atoms with Gasteiger partial charge in [0.05, 0.1) is 0 Å². The average Bonchev–Trinajstić information content (AvgIpc) is 2.38. The lowest BCUT2D eigenvalue weighted by molar-refractivity contribution is 0.648. The molecule has 1 aromatic heterocycles. The summed E-state index contributed by atoms with van der Waals surface area (Å²) in [5, 5.41) is 2.07. The molecule has 11 heavy (non-hydrogen) atoms. The summed E-state index contributed by atoms with van der Waals surface area (Å²) in [6.07, 6.45) is 2.26. The molecule has 64 valence electrons. The first-order chi connectivity index (χ1) is 4.84. The lowest BCUT2D eigenvalue weighted by Crippen LogP contribution is -2.07. The molecule has 0 fully saturated rings. The van der Waals surface area contributed by atoms with Crippen molar-refractivity contribution in [2.24, 2.45) is 5.73 Å². The molecule has 1 aromatic rings. The summed E-state index contributed by atoms with van der Waals surface area (Å²) < 4.78 is 0. The van der Waals surface area contributed by atoms with Crippen molar-refractivity contribution in [3.8, 4) is 0 Å². The molecule has 0 spiro atoms. The van der Waals surface area contributed by atoms with E-state index >= 15 is 0 Å². The van der Waals surface area contributed by atoms with Crippen molar-refractivity contribution >= 4 is 23.7 Å². The third kappa shape index (κ3) is 3.23. The van der Waals surface area contributed by atoms with Gasteiger partial charge in [-0.2, -0.15) is 0 Å². The Bertz CT molecular complexity index is 174. The Morgan fingerprint density at radius 2 is 2.36 bits per heavy atom. The average molecular weight is 192 g/mol. The van der Waals surface area contributed by atoms with Crippen LogP contribution in [-0.4, -0.2) is 0 Å². The highest BCUT2D eigenvalue weighted by Gasteiger charge is 2.03. The van der Waals surface area contributed by atoms with Crippen molar-refractivity contribution in [2.75, 3.05) is 0 Å². The highest BCUT2D eigenvalue weighted by Crippen LogP contribution is 2.19. The molecule has 1 rings (SSSR count). The van der Waals surface area contributed by atoms with Crippen LogP contribution in [-0.2, 0) is 0 Å². The Morgan fingerprint density at radius 3 is 2.82 bits per heavy atom. The van der Waals surface area contributed by atoms with E-state index in [4.69, 9.17) is 5.73 Å². The SMILES string of the molecule is CCC[C@H](N)c1cccs1.Cl. The van der Waals surface area contributed by atoms with Crippen LogP contribution in [0.4, 0.5) is 0 Å². The van der Waals surface area contributed by atoms with Crippen LogP contribution in [0.1, 0.15) is 30.7 Å². The summed E-state index contributed by atoms with van der Waals surface area (Å²) in [6, 6.07) is 4.42. The van der Waals surface area contributed by atoms with Crippen molar-refractivity contribution in [3.63, 3.8) is 0 Å². The zero-order chi connectivity index (χ0) is 7.40. The molecule has 3 heteroatoms. The van der Waals surface area contributed by atoms with E-state index in [9.17, 15) is 0 Å².